The van der Waals surface area contributed by atoms with Crippen molar-refractivity contribution in [3.05, 3.63) is 24.5 Å². The number of carbonyl (C=O) groups is 1. The number of sulfonamides is 1. The molecule has 0 spiro atoms. The van der Waals surface area contributed by atoms with E-state index in [1.807, 2.05) is 6.92 Å². The van der Waals surface area contributed by atoms with Gasteiger partial charge in [0.05, 0.1) is 6.54 Å². The molecule has 1 fully saturated rings. The van der Waals surface area contributed by atoms with Gasteiger partial charge in [0.25, 0.3) is 0 Å². The molecule has 21 heavy (non-hydrogen) atoms. The molecule has 1 aromatic rings. The van der Waals surface area contributed by atoms with Crippen molar-refractivity contribution < 1.29 is 13.2 Å². The number of amides is 1. The molecule has 116 valence electrons. The van der Waals surface area contributed by atoms with Crippen LogP contribution in [0.15, 0.2) is 29.4 Å². The van der Waals surface area contributed by atoms with Crippen LogP contribution in [0.1, 0.15) is 19.8 Å². The molecule has 0 saturated heterocycles. The molecular weight excluding hydrogens is 290 g/mol. The molecule has 0 aromatic carbocycles. The predicted molar refractivity (Wildman–Crippen MR) is 79.0 cm³/mol. The Morgan fingerprint density at radius 3 is 2.62 bits per heavy atom. The fraction of sp³-hybridized carbons (Fsp3) is 0.571. The van der Waals surface area contributed by atoms with E-state index in [0.29, 0.717) is 5.92 Å². The van der Waals surface area contributed by atoms with Crippen molar-refractivity contribution >= 4 is 15.9 Å². The van der Waals surface area contributed by atoms with Crippen LogP contribution in [0.5, 0.6) is 0 Å². The van der Waals surface area contributed by atoms with Crippen LogP contribution in [-0.4, -0.2) is 55.2 Å². The molecule has 1 atom stereocenters. The molecule has 0 unspecified atom stereocenters. The molecule has 1 heterocycles. The molecule has 0 radical (unpaired) electrons. The number of rotatable bonds is 6. The monoisotopic (exact) mass is 311 g/mol. The average Bonchev–Trinajstić information content (AvgIpc) is 3.31. The van der Waals surface area contributed by atoms with Crippen LogP contribution >= 0.6 is 0 Å². The summed E-state index contributed by atoms with van der Waals surface area (Å²) in [7, 11) is -0.530. The van der Waals surface area contributed by atoms with Crippen LogP contribution in [0.3, 0.4) is 0 Å². The smallest absolute Gasteiger partial charge is 0.244 e. The van der Waals surface area contributed by atoms with E-state index in [-0.39, 0.29) is 23.4 Å². The first kappa shape index (κ1) is 15.9. The summed E-state index contributed by atoms with van der Waals surface area (Å²) in [5, 5.41) is 0. The fourth-order valence-electron chi connectivity index (χ4n) is 2.19. The molecule has 0 aliphatic heterocycles. The van der Waals surface area contributed by atoms with Crippen LogP contribution in [0.2, 0.25) is 0 Å². The fourth-order valence-corrected chi connectivity index (χ4v) is 3.27. The van der Waals surface area contributed by atoms with E-state index < -0.39 is 10.0 Å². The summed E-state index contributed by atoms with van der Waals surface area (Å²) in [6, 6.07) is 3.19. The van der Waals surface area contributed by atoms with Crippen molar-refractivity contribution in [3.8, 4) is 0 Å². The number of pyridine rings is 1. The van der Waals surface area contributed by atoms with Crippen LogP contribution < -0.4 is 0 Å². The molecular formula is C14H21N3O3S. The lowest BCUT2D eigenvalue weighted by Crippen LogP contribution is -2.43. The second kappa shape index (κ2) is 6.11. The van der Waals surface area contributed by atoms with Crippen LogP contribution in [0.25, 0.3) is 0 Å². The normalized spacial score (nSPS) is 16.8. The van der Waals surface area contributed by atoms with E-state index in [2.05, 4.69) is 4.98 Å². The molecule has 1 aliphatic carbocycles. The molecule has 1 aliphatic rings. The molecule has 0 bridgehead atoms. The zero-order chi connectivity index (χ0) is 15.6. The van der Waals surface area contributed by atoms with Gasteiger partial charge in [0.15, 0.2) is 0 Å². The maximum atomic E-state index is 12.3. The topological polar surface area (TPSA) is 70.6 Å². The molecule has 1 saturated carbocycles. The van der Waals surface area contributed by atoms with E-state index in [1.165, 1.54) is 25.5 Å². The van der Waals surface area contributed by atoms with E-state index >= 15 is 0 Å². The lowest BCUT2D eigenvalue weighted by molar-refractivity contribution is -0.132. The summed E-state index contributed by atoms with van der Waals surface area (Å²) in [4.78, 5) is 17.8. The molecule has 0 N–H and O–H groups in total. The molecule has 6 nitrogen and oxygen atoms in total. The Morgan fingerprint density at radius 1 is 1.43 bits per heavy atom. The first-order chi connectivity index (χ1) is 9.84. The van der Waals surface area contributed by atoms with Gasteiger partial charge in [0.2, 0.25) is 15.9 Å². The SMILES string of the molecule is C[C@@H](C1CC1)N(C)C(=O)CN(C)S(=O)(=O)c1cccnc1. The molecule has 1 amide bonds. The minimum Gasteiger partial charge on any atom is -0.342 e. The van der Waals surface area contributed by atoms with Gasteiger partial charge in [-0.1, -0.05) is 0 Å². The van der Waals surface area contributed by atoms with Gasteiger partial charge in [0, 0.05) is 32.5 Å². The van der Waals surface area contributed by atoms with Crippen LogP contribution in [-0.2, 0) is 14.8 Å². The highest BCUT2D eigenvalue weighted by Gasteiger charge is 2.33. The summed E-state index contributed by atoms with van der Waals surface area (Å²) in [6.07, 6.45) is 5.08. The zero-order valence-corrected chi connectivity index (χ0v) is 13.4. The van der Waals surface area contributed by atoms with Crippen molar-refractivity contribution in [2.45, 2.75) is 30.7 Å². The first-order valence-electron chi connectivity index (χ1n) is 6.96. The lowest BCUT2D eigenvalue weighted by Gasteiger charge is -2.27. The van der Waals surface area contributed by atoms with Gasteiger partial charge >= 0.3 is 0 Å². The minimum absolute atomic E-state index is 0.0956. The predicted octanol–water partition coefficient (Wildman–Crippen LogP) is 0.959. The largest absolute Gasteiger partial charge is 0.342 e. The van der Waals surface area contributed by atoms with E-state index in [9.17, 15) is 13.2 Å². The number of hydrogen-bond donors (Lipinski definition) is 0. The number of aromatic nitrogens is 1. The van der Waals surface area contributed by atoms with Gasteiger partial charge in [-0.2, -0.15) is 4.31 Å². The van der Waals surface area contributed by atoms with Crippen LogP contribution in [0.4, 0.5) is 0 Å². The van der Waals surface area contributed by atoms with Gasteiger partial charge in [0.1, 0.15) is 4.90 Å². The Morgan fingerprint density at radius 2 is 2.10 bits per heavy atom. The molecule has 7 heteroatoms. The molecule has 2 rings (SSSR count). The maximum absolute atomic E-state index is 12.3. The summed E-state index contributed by atoms with van der Waals surface area (Å²) in [6.45, 7) is 1.84. The van der Waals surface area contributed by atoms with Gasteiger partial charge in [-0.05, 0) is 37.8 Å². The molecule has 1 aromatic heterocycles. The highest BCUT2D eigenvalue weighted by molar-refractivity contribution is 7.89. The van der Waals surface area contributed by atoms with Gasteiger partial charge in [-0.15, -0.1) is 0 Å². The van der Waals surface area contributed by atoms with Crippen molar-refractivity contribution in [2.75, 3.05) is 20.6 Å². The van der Waals surface area contributed by atoms with Gasteiger partial charge in [-0.25, -0.2) is 8.42 Å². The highest BCUT2D eigenvalue weighted by Crippen LogP contribution is 2.34. The van der Waals surface area contributed by atoms with Gasteiger partial charge < -0.3 is 4.90 Å². The number of hydrogen-bond acceptors (Lipinski definition) is 4. The third kappa shape index (κ3) is 3.59. The van der Waals surface area contributed by atoms with Crippen LogP contribution in [0, 0.1) is 5.92 Å². The summed E-state index contributed by atoms with van der Waals surface area (Å²) in [5.41, 5.74) is 0. The highest BCUT2D eigenvalue weighted by atomic mass is 32.2. The number of likely N-dealkylation sites (N-methyl/N-ethyl adjacent to an activating group) is 2. The van der Waals surface area contributed by atoms with Crippen molar-refractivity contribution in [2.24, 2.45) is 5.92 Å². The second-order valence-electron chi connectivity index (χ2n) is 5.53. The number of nitrogens with zero attached hydrogens (tertiary/aromatic N) is 3. The maximum Gasteiger partial charge on any atom is 0.244 e. The zero-order valence-electron chi connectivity index (χ0n) is 12.6. The third-order valence-electron chi connectivity index (χ3n) is 4.01. The average molecular weight is 311 g/mol. The third-order valence-corrected chi connectivity index (χ3v) is 5.80. The minimum atomic E-state index is -3.67. The quantitative estimate of drug-likeness (QED) is 0.784. The number of carbonyl (C=O) groups excluding carboxylic acids is 1. The van der Waals surface area contributed by atoms with Gasteiger partial charge in [-0.3, -0.25) is 9.78 Å². The van der Waals surface area contributed by atoms with E-state index in [1.54, 1.807) is 18.0 Å². The van der Waals surface area contributed by atoms with E-state index in [4.69, 9.17) is 0 Å². The lowest BCUT2D eigenvalue weighted by atomic mass is 10.2. The summed E-state index contributed by atoms with van der Waals surface area (Å²) in [5.74, 6) is 0.364. The first-order valence-corrected chi connectivity index (χ1v) is 8.40. The Hall–Kier alpha value is -1.47. The second-order valence-corrected chi connectivity index (χ2v) is 7.58. The summed E-state index contributed by atoms with van der Waals surface area (Å²) >= 11 is 0. The van der Waals surface area contributed by atoms with Crippen molar-refractivity contribution in [1.29, 1.82) is 0 Å². The Kier molecular flexibility index (Phi) is 4.63. The Labute approximate surface area is 125 Å². The Balaban J connectivity index is 2.03. The van der Waals surface area contributed by atoms with Crippen molar-refractivity contribution in [3.63, 3.8) is 0 Å². The Bertz CT molecular complexity index is 599. The standard InChI is InChI=1S/C14H21N3O3S/c1-11(12-6-7-12)17(3)14(18)10-16(2)21(19,20)13-5-4-8-15-9-13/h4-5,8-9,11-12H,6-7,10H2,1-3H3/t11-/m0/s1. The summed E-state index contributed by atoms with van der Waals surface area (Å²) < 4.78 is 25.7. The van der Waals surface area contributed by atoms with Crippen molar-refractivity contribution in [1.82, 2.24) is 14.2 Å². The van der Waals surface area contributed by atoms with E-state index in [0.717, 1.165) is 17.1 Å².